The molecule has 0 radical (unpaired) electrons. The minimum atomic E-state index is -3.38. The second-order valence-electron chi connectivity index (χ2n) is 7.86. The first-order valence-electron chi connectivity index (χ1n) is 10.2. The van der Waals surface area contributed by atoms with Crippen LogP contribution in [0.5, 0.6) is 0 Å². The van der Waals surface area contributed by atoms with Crippen LogP contribution in [0.4, 0.5) is 5.69 Å². The lowest BCUT2D eigenvalue weighted by atomic mass is 10.1. The van der Waals surface area contributed by atoms with Crippen molar-refractivity contribution in [2.24, 2.45) is 0 Å². The van der Waals surface area contributed by atoms with Crippen molar-refractivity contribution in [2.45, 2.75) is 39.5 Å². The molecule has 1 amide bonds. The number of hydrogen-bond donors (Lipinski definition) is 1. The van der Waals surface area contributed by atoms with E-state index in [1.54, 1.807) is 8.61 Å². The summed E-state index contributed by atoms with van der Waals surface area (Å²) in [5, 5.41) is 2.98. The molecule has 2 aliphatic rings. The summed E-state index contributed by atoms with van der Waals surface area (Å²) in [5.41, 5.74) is 2.98. The number of aryl methyl sites for hydroxylation is 2. The van der Waals surface area contributed by atoms with E-state index in [2.05, 4.69) is 5.32 Å². The molecule has 7 nitrogen and oxygen atoms in total. The summed E-state index contributed by atoms with van der Waals surface area (Å²) >= 11 is 0. The molecule has 1 aromatic carbocycles. The maximum absolute atomic E-state index is 12.9. The molecule has 1 aromatic rings. The molecule has 0 atom stereocenters. The van der Waals surface area contributed by atoms with Crippen LogP contribution in [-0.2, 0) is 15.0 Å². The van der Waals surface area contributed by atoms with Gasteiger partial charge in [-0.15, -0.1) is 0 Å². The lowest BCUT2D eigenvalue weighted by molar-refractivity contribution is -0.117. The summed E-state index contributed by atoms with van der Waals surface area (Å²) in [6, 6.07) is 5.99. The summed E-state index contributed by atoms with van der Waals surface area (Å²) < 4.78 is 29.0. The van der Waals surface area contributed by atoms with Crippen LogP contribution in [0.25, 0.3) is 0 Å². The van der Waals surface area contributed by atoms with Crippen molar-refractivity contribution in [1.82, 2.24) is 13.5 Å². The van der Waals surface area contributed by atoms with Crippen LogP contribution in [-0.4, -0.2) is 73.6 Å². The normalized spacial score (nSPS) is 20.6. The minimum absolute atomic E-state index is 0.0578. The number of anilines is 1. The summed E-state index contributed by atoms with van der Waals surface area (Å²) in [5.74, 6) is -0.0578. The zero-order chi connectivity index (χ0) is 20.1. The van der Waals surface area contributed by atoms with Crippen LogP contribution in [0.1, 0.15) is 36.8 Å². The number of piperazine rings is 1. The largest absolute Gasteiger partial charge is 0.325 e. The summed E-state index contributed by atoms with van der Waals surface area (Å²) in [4.78, 5) is 14.4. The van der Waals surface area contributed by atoms with Gasteiger partial charge in [0.2, 0.25) is 5.91 Å². The highest BCUT2D eigenvalue weighted by molar-refractivity contribution is 7.86. The zero-order valence-corrected chi connectivity index (χ0v) is 17.8. The average molecular weight is 409 g/mol. The predicted molar refractivity (Wildman–Crippen MR) is 112 cm³/mol. The van der Waals surface area contributed by atoms with Crippen molar-refractivity contribution in [1.29, 1.82) is 0 Å². The maximum atomic E-state index is 12.9. The first-order valence-corrected chi connectivity index (χ1v) is 11.6. The van der Waals surface area contributed by atoms with Crippen molar-refractivity contribution >= 4 is 21.8 Å². The first kappa shape index (κ1) is 21.2. The van der Waals surface area contributed by atoms with Gasteiger partial charge >= 0.3 is 0 Å². The molecule has 3 rings (SSSR count). The van der Waals surface area contributed by atoms with Gasteiger partial charge in [0.1, 0.15) is 0 Å². The Kier molecular flexibility index (Phi) is 7.09. The van der Waals surface area contributed by atoms with Gasteiger partial charge in [-0.1, -0.05) is 25.0 Å². The molecule has 0 bridgehead atoms. The lowest BCUT2D eigenvalue weighted by Gasteiger charge is -2.36. The third-order valence-corrected chi connectivity index (χ3v) is 7.62. The molecule has 2 saturated heterocycles. The zero-order valence-electron chi connectivity index (χ0n) is 17.0. The van der Waals surface area contributed by atoms with Gasteiger partial charge in [-0.05, 0) is 43.9 Å². The van der Waals surface area contributed by atoms with E-state index in [-0.39, 0.29) is 12.5 Å². The number of hydrogen-bond acceptors (Lipinski definition) is 4. The Morgan fingerprint density at radius 3 is 2.18 bits per heavy atom. The molecule has 156 valence electrons. The van der Waals surface area contributed by atoms with Crippen LogP contribution in [0.3, 0.4) is 0 Å². The molecule has 2 heterocycles. The van der Waals surface area contributed by atoms with Crippen LogP contribution >= 0.6 is 0 Å². The van der Waals surface area contributed by atoms with Gasteiger partial charge in [0.25, 0.3) is 10.2 Å². The van der Waals surface area contributed by atoms with Crippen LogP contribution in [0.15, 0.2) is 18.2 Å². The van der Waals surface area contributed by atoms with Crippen molar-refractivity contribution < 1.29 is 13.2 Å². The van der Waals surface area contributed by atoms with Crippen LogP contribution in [0, 0.1) is 13.8 Å². The van der Waals surface area contributed by atoms with E-state index in [0.717, 1.165) is 42.5 Å². The molecular formula is C20H32N4O3S. The Hall–Kier alpha value is -1.48. The Balaban J connectivity index is 1.50. The highest BCUT2D eigenvalue weighted by atomic mass is 32.2. The van der Waals surface area contributed by atoms with Crippen LogP contribution < -0.4 is 5.32 Å². The van der Waals surface area contributed by atoms with Gasteiger partial charge in [-0.3, -0.25) is 9.69 Å². The summed E-state index contributed by atoms with van der Waals surface area (Å²) in [6.45, 7) is 7.54. The third-order valence-electron chi connectivity index (χ3n) is 5.58. The van der Waals surface area contributed by atoms with Gasteiger partial charge in [0.15, 0.2) is 0 Å². The standard InChI is InChI=1S/C20H32N4O3S/c1-17-7-8-18(2)19(15-17)21-20(25)16-22-11-13-24(14-12-22)28(26,27)23-9-5-3-4-6-10-23/h7-8,15H,3-6,9-14,16H2,1-2H3,(H,21,25). The van der Waals surface area contributed by atoms with Crippen LogP contribution in [0.2, 0.25) is 0 Å². The third kappa shape index (κ3) is 5.31. The van der Waals surface area contributed by atoms with E-state index < -0.39 is 10.2 Å². The highest BCUT2D eigenvalue weighted by Gasteiger charge is 2.32. The second kappa shape index (κ2) is 9.35. The van der Waals surface area contributed by atoms with Crippen molar-refractivity contribution in [3.05, 3.63) is 29.3 Å². The molecule has 1 N–H and O–H groups in total. The Morgan fingerprint density at radius 2 is 1.54 bits per heavy atom. The molecule has 8 heteroatoms. The molecule has 0 spiro atoms. The maximum Gasteiger partial charge on any atom is 0.282 e. The first-order chi connectivity index (χ1) is 13.4. The van der Waals surface area contributed by atoms with Crippen molar-refractivity contribution in [2.75, 3.05) is 51.1 Å². The fourth-order valence-corrected chi connectivity index (χ4v) is 5.49. The number of benzene rings is 1. The monoisotopic (exact) mass is 408 g/mol. The number of nitrogens with one attached hydrogen (secondary N) is 1. The van der Waals surface area contributed by atoms with E-state index in [1.807, 2.05) is 36.9 Å². The summed E-state index contributed by atoms with van der Waals surface area (Å²) in [6.07, 6.45) is 4.10. The number of carbonyl (C=O) groups is 1. The molecule has 0 aromatic heterocycles. The molecule has 0 aliphatic carbocycles. The van der Waals surface area contributed by atoms with E-state index in [1.165, 1.54) is 0 Å². The molecule has 2 aliphatic heterocycles. The number of nitrogens with zero attached hydrogens (tertiary/aromatic N) is 3. The second-order valence-corrected chi connectivity index (χ2v) is 9.79. The van der Waals surface area contributed by atoms with Gasteiger partial charge in [-0.2, -0.15) is 17.0 Å². The van der Waals surface area contributed by atoms with Gasteiger partial charge < -0.3 is 5.32 Å². The summed E-state index contributed by atoms with van der Waals surface area (Å²) in [7, 11) is -3.38. The predicted octanol–water partition coefficient (Wildman–Crippen LogP) is 1.98. The molecule has 28 heavy (non-hydrogen) atoms. The number of carbonyl (C=O) groups excluding carboxylic acids is 1. The highest BCUT2D eigenvalue weighted by Crippen LogP contribution is 2.19. The fourth-order valence-electron chi connectivity index (χ4n) is 3.82. The van der Waals surface area contributed by atoms with Crippen molar-refractivity contribution in [3.8, 4) is 0 Å². The average Bonchev–Trinajstić information content (AvgIpc) is 2.95. The molecule has 2 fully saturated rings. The Labute approximate surface area is 168 Å². The topological polar surface area (TPSA) is 73.0 Å². The quantitative estimate of drug-likeness (QED) is 0.809. The van der Waals surface area contributed by atoms with E-state index in [0.29, 0.717) is 39.3 Å². The Morgan fingerprint density at radius 1 is 0.929 bits per heavy atom. The smallest absolute Gasteiger partial charge is 0.282 e. The number of amides is 1. The minimum Gasteiger partial charge on any atom is -0.325 e. The van der Waals surface area contributed by atoms with Gasteiger partial charge in [-0.25, -0.2) is 0 Å². The van der Waals surface area contributed by atoms with E-state index in [4.69, 9.17) is 0 Å². The number of rotatable bonds is 5. The van der Waals surface area contributed by atoms with E-state index >= 15 is 0 Å². The fraction of sp³-hybridized carbons (Fsp3) is 0.650. The molecule has 0 unspecified atom stereocenters. The molecule has 0 saturated carbocycles. The lowest BCUT2D eigenvalue weighted by Crippen LogP contribution is -2.54. The van der Waals surface area contributed by atoms with Crippen molar-refractivity contribution in [3.63, 3.8) is 0 Å². The molecular weight excluding hydrogens is 376 g/mol. The Bertz CT molecular complexity index is 781. The van der Waals surface area contributed by atoms with Gasteiger partial charge in [0, 0.05) is 45.0 Å². The van der Waals surface area contributed by atoms with Gasteiger partial charge in [0.05, 0.1) is 6.54 Å². The van der Waals surface area contributed by atoms with E-state index in [9.17, 15) is 13.2 Å². The SMILES string of the molecule is Cc1ccc(C)c(NC(=O)CN2CCN(S(=O)(=O)N3CCCCCC3)CC2)c1.